The van der Waals surface area contributed by atoms with Gasteiger partial charge in [0.2, 0.25) is 0 Å². The van der Waals surface area contributed by atoms with Crippen molar-refractivity contribution in [2.45, 2.75) is 37.5 Å². The van der Waals surface area contributed by atoms with Crippen LogP contribution in [0.2, 0.25) is 0 Å². The topological polar surface area (TPSA) is 73.9 Å². The van der Waals surface area contributed by atoms with E-state index in [0.717, 1.165) is 25.0 Å². The molecule has 1 saturated carbocycles. The highest BCUT2D eigenvalue weighted by Crippen LogP contribution is 2.46. The van der Waals surface area contributed by atoms with Gasteiger partial charge >= 0.3 is 6.43 Å². The molecule has 2 aromatic heterocycles. The lowest BCUT2D eigenvalue weighted by Crippen LogP contribution is -2.37. The summed E-state index contributed by atoms with van der Waals surface area (Å²) in [7, 11) is 1.66. The summed E-state index contributed by atoms with van der Waals surface area (Å²) in [4.78, 5) is 8.77. The Morgan fingerprint density at radius 2 is 1.96 bits per heavy atom. The van der Waals surface area contributed by atoms with Gasteiger partial charge in [-0.25, -0.2) is 9.97 Å². The van der Waals surface area contributed by atoms with Crippen molar-refractivity contribution < 1.29 is 17.9 Å². The second kappa shape index (κ2) is 7.02. The molecule has 0 N–H and O–H groups in total. The zero-order valence-electron chi connectivity index (χ0n) is 14.7. The van der Waals surface area contributed by atoms with E-state index < -0.39 is 12.3 Å². The monoisotopic (exact) mass is 372 g/mol. The highest BCUT2D eigenvalue weighted by atomic mass is 19.3. The van der Waals surface area contributed by atoms with Crippen molar-refractivity contribution >= 4 is 0 Å². The lowest BCUT2D eigenvalue weighted by molar-refractivity contribution is 0.116. The summed E-state index contributed by atoms with van der Waals surface area (Å²) >= 11 is 0. The van der Waals surface area contributed by atoms with E-state index in [-0.39, 0.29) is 11.3 Å². The SMILES string of the molecule is COc1cccc(C2(Cc3ncc(-c4nnc(C(F)F)o4)cn3)CCC2)c1. The molecule has 1 aliphatic rings. The first-order chi connectivity index (χ1) is 13.1. The zero-order chi connectivity index (χ0) is 18.9. The molecule has 3 aromatic rings. The number of halogens is 2. The zero-order valence-corrected chi connectivity index (χ0v) is 14.7. The molecular weight excluding hydrogens is 354 g/mol. The first-order valence-electron chi connectivity index (χ1n) is 8.67. The van der Waals surface area contributed by atoms with E-state index in [1.807, 2.05) is 12.1 Å². The van der Waals surface area contributed by atoms with Crippen molar-refractivity contribution in [3.05, 3.63) is 53.9 Å². The summed E-state index contributed by atoms with van der Waals surface area (Å²) in [5.41, 5.74) is 1.64. The van der Waals surface area contributed by atoms with Crippen molar-refractivity contribution in [3.63, 3.8) is 0 Å². The predicted molar refractivity (Wildman–Crippen MR) is 92.5 cm³/mol. The molecule has 1 fully saturated rings. The molecule has 140 valence electrons. The van der Waals surface area contributed by atoms with Gasteiger partial charge in [0.1, 0.15) is 11.6 Å². The Morgan fingerprint density at radius 1 is 1.19 bits per heavy atom. The van der Waals surface area contributed by atoms with Gasteiger partial charge in [-0.2, -0.15) is 8.78 Å². The maximum absolute atomic E-state index is 12.6. The van der Waals surface area contributed by atoms with Gasteiger partial charge in [-0.1, -0.05) is 18.6 Å². The van der Waals surface area contributed by atoms with Crippen LogP contribution in [0.25, 0.3) is 11.5 Å². The highest BCUT2D eigenvalue weighted by molar-refractivity contribution is 5.48. The molecule has 1 aliphatic carbocycles. The summed E-state index contributed by atoms with van der Waals surface area (Å²) in [5, 5.41) is 6.93. The van der Waals surface area contributed by atoms with E-state index in [1.54, 1.807) is 7.11 Å². The Balaban J connectivity index is 1.54. The number of aromatic nitrogens is 4. The Kier molecular flexibility index (Phi) is 4.55. The van der Waals surface area contributed by atoms with Crippen LogP contribution in [0.5, 0.6) is 5.75 Å². The van der Waals surface area contributed by atoms with Crippen molar-refractivity contribution in [3.8, 4) is 17.2 Å². The van der Waals surface area contributed by atoms with Crippen molar-refractivity contribution in [1.82, 2.24) is 20.2 Å². The summed E-state index contributed by atoms with van der Waals surface area (Å²) < 4.78 is 35.4. The first kappa shape index (κ1) is 17.5. The van der Waals surface area contributed by atoms with Crippen LogP contribution in [0.15, 0.2) is 41.1 Å². The summed E-state index contributed by atoms with van der Waals surface area (Å²) in [6.45, 7) is 0. The van der Waals surface area contributed by atoms with E-state index in [4.69, 9.17) is 9.15 Å². The minimum Gasteiger partial charge on any atom is -0.497 e. The molecule has 0 amide bonds. The number of hydrogen-bond acceptors (Lipinski definition) is 6. The number of nitrogens with zero attached hydrogens (tertiary/aromatic N) is 4. The Hall–Kier alpha value is -2.90. The van der Waals surface area contributed by atoms with Crippen LogP contribution in [-0.2, 0) is 11.8 Å². The molecular formula is C19H18F2N4O2. The van der Waals surface area contributed by atoms with E-state index in [1.165, 1.54) is 18.0 Å². The maximum atomic E-state index is 12.6. The van der Waals surface area contributed by atoms with Crippen LogP contribution < -0.4 is 4.74 Å². The van der Waals surface area contributed by atoms with Gasteiger partial charge in [0.05, 0.1) is 12.7 Å². The van der Waals surface area contributed by atoms with Crippen LogP contribution >= 0.6 is 0 Å². The molecule has 6 nitrogen and oxygen atoms in total. The number of hydrogen-bond donors (Lipinski definition) is 0. The van der Waals surface area contributed by atoms with Crippen molar-refractivity contribution in [2.75, 3.05) is 7.11 Å². The predicted octanol–water partition coefficient (Wildman–Crippen LogP) is 4.14. The molecule has 27 heavy (non-hydrogen) atoms. The first-order valence-corrected chi connectivity index (χ1v) is 8.67. The number of benzene rings is 1. The Morgan fingerprint density at radius 3 is 2.56 bits per heavy atom. The van der Waals surface area contributed by atoms with Crippen LogP contribution in [-0.4, -0.2) is 27.3 Å². The molecule has 0 atom stereocenters. The van der Waals surface area contributed by atoms with E-state index in [2.05, 4.69) is 32.3 Å². The van der Waals surface area contributed by atoms with Gasteiger partial charge in [0, 0.05) is 24.2 Å². The minimum absolute atomic E-state index is 0.00336. The smallest absolute Gasteiger partial charge is 0.314 e. The van der Waals surface area contributed by atoms with E-state index in [9.17, 15) is 8.78 Å². The third kappa shape index (κ3) is 3.39. The molecule has 0 aliphatic heterocycles. The van der Waals surface area contributed by atoms with Gasteiger partial charge in [0.15, 0.2) is 0 Å². The lowest BCUT2D eigenvalue weighted by atomic mass is 9.62. The standard InChI is InChI=1S/C19H18F2N4O2/c1-26-14-5-2-4-13(8-14)19(6-3-7-19)9-15-22-10-12(11-23-15)17-24-25-18(27-17)16(20)21/h2,4-5,8,10-11,16H,3,6-7,9H2,1H3. The number of rotatable bonds is 6. The molecule has 0 saturated heterocycles. The van der Waals surface area contributed by atoms with Gasteiger partial charge in [0.25, 0.3) is 11.8 Å². The fraction of sp³-hybridized carbons (Fsp3) is 0.368. The second-order valence-electron chi connectivity index (χ2n) is 6.68. The Bertz CT molecular complexity index is 923. The average molecular weight is 372 g/mol. The molecule has 0 bridgehead atoms. The third-order valence-electron chi connectivity index (χ3n) is 5.07. The van der Waals surface area contributed by atoms with Crippen molar-refractivity contribution in [2.24, 2.45) is 0 Å². The summed E-state index contributed by atoms with van der Waals surface area (Å²) in [6.07, 6.45) is 4.25. The molecule has 0 spiro atoms. The average Bonchev–Trinajstić information content (AvgIpc) is 3.16. The fourth-order valence-electron chi connectivity index (χ4n) is 3.42. The van der Waals surface area contributed by atoms with Crippen LogP contribution in [0, 0.1) is 0 Å². The molecule has 0 radical (unpaired) electrons. The quantitative estimate of drug-likeness (QED) is 0.647. The molecule has 0 unspecified atom stereocenters. The molecule has 8 heteroatoms. The van der Waals surface area contributed by atoms with Crippen LogP contribution in [0.4, 0.5) is 8.78 Å². The van der Waals surface area contributed by atoms with Crippen LogP contribution in [0.1, 0.15) is 43.0 Å². The Labute approximate surface area is 154 Å². The van der Waals surface area contributed by atoms with E-state index >= 15 is 0 Å². The molecule has 1 aromatic carbocycles. The van der Waals surface area contributed by atoms with Gasteiger partial charge in [-0.3, -0.25) is 0 Å². The second-order valence-corrected chi connectivity index (χ2v) is 6.68. The van der Waals surface area contributed by atoms with Gasteiger partial charge in [-0.05, 0) is 30.5 Å². The fourth-order valence-corrected chi connectivity index (χ4v) is 3.42. The maximum Gasteiger partial charge on any atom is 0.314 e. The van der Waals surface area contributed by atoms with Gasteiger partial charge < -0.3 is 9.15 Å². The molecule has 2 heterocycles. The largest absolute Gasteiger partial charge is 0.497 e. The van der Waals surface area contributed by atoms with Crippen LogP contribution in [0.3, 0.4) is 0 Å². The highest BCUT2D eigenvalue weighted by Gasteiger charge is 2.39. The molecule has 4 rings (SSSR count). The van der Waals surface area contributed by atoms with Gasteiger partial charge in [-0.15, -0.1) is 10.2 Å². The number of ether oxygens (including phenoxy) is 1. The van der Waals surface area contributed by atoms with Crippen molar-refractivity contribution in [1.29, 1.82) is 0 Å². The third-order valence-corrected chi connectivity index (χ3v) is 5.07. The number of alkyl halides is 2. The summed E-state index contributed by atoms with van der Waals surface area (Å²) in [6, 6.07) is 8.10. The number of methoxy groups -OCH3 is 1. The minimum atomic E-state index is -2.80. The van der Waals surface area contributed by atoms with E-state index in [0.29, 0.717) is 17.8 Å². The summed E-state index contributed by atoms with van der Waals surface area (Å²) in [5.74, 6) is 0.805. The lowest BCUT2D eigenvalue weighted by Gasteiger charge is -2.42. The normalized spacial score (nSPS) is 15.6.